The van der Waals surface area contributed by atoms with Gasteiger partial charge < -0.3 is 0 Å². The van der Waals surface area contributed by atoms with Crippen molar-refractivity contribution < 1.29 is 111 Å². The fourth-order valence-corrected chi connectivity index (χ4v) is 0. The maximum Gasteiger partial charge on any atom is 0 e. The van der Waals surface area contributed by atoms with E-state index >= 15 is 0 Å². The van der Waals surface area contributed by atoms with Crippen molar-refractivity contribution >= 4 is 0 Å². The van der Waals surface area contributed by atoms with Crippen LogP contribution in [-0.2, 0) is 34.1 Å². The molecule has 0 N–H and O–H groups in total. The van der Waals surface area contributed by atoms with E-state index < -0.39 is 0 Å². The van der Waals surface area contributed by atoms with Crippen LogP contribution in [0.15, 0.2) is 0 Å². The number of hydrogen-bond donors (Lipinski definition) is 0. The first kappa shape index (κ1) is 25.6. The molecule has 0 atom stereocenters. The van der Waals surface area contributed by atoms with Crippen molar-refractivity contribution in [2.24, 2.45) is 0 Å². The Labute approximate surface area is 108 Å². The Hall–Kier alpha value is 3.58. The van der Waals surface area contributed by atoms with Gasteiger partial charge in [0.05, 0.1) is 0 Å². The van der Waals surface area contributed by atoms with Gasteiger partial charge in [-0.1, -0.05) is 0 Å². The van der Waals surface area contributed by atoms with E-state index in [0.717, 1.165) is 0 Å². The fourth-order valence-electron chi connectivity index (χ4n) is 0. The van der Waals surface area contributed by atoms with Crippen LogP contribution in [0.5, 0.6) is 0 Å². The third kappa shape index (κ3) is 9.14. The third-order valence-corrected chi connectivity index (χ3v) is 0. The van der Waals surface area contributed by atoms with Crippen LogP contribution in [0.25, 0.3) is 0 Å². The van der Waals surface area contributed by atoms with E-state index in [2.05, 4.69) is 0 Å². The second-order valence-corrected chi connectivity index (χ2v) is 0. The van der Waals surface area contributed by atoms with Gasteiger partial charge in [0.2, 0.25) is 0 Å². The van der Waals surface area contributed by atoms with Gasteiger partial charge in [0, 0.05) is 111 Å². The monoisotopic (exact) mass is 400 g/mol. The van der Waals surface area contributed by atoms with Gasteiger partial charge in [-0.15, -0.1) is 0 Å². The van der Waals surface area contributed by atoms with Crippen LogP contribution >= 0.6 is 0 Å². The van der Waals surface area contributed by atoms with Gasteiger partial charge >= 0.3 is 0 Å². The first-order valence-electron chi connectivity index (χ1n) is 0. The van der Waals surface area contributed by atoms with Gasteiger partial charge in [-0.2, -0.15) is 0 Å². The molecule has 0 aliphatic heterocycles. The molecular formula is CuFeLaNd. The molecule has 0 aliphatic rings. The Bertz CT molecular complexity index is 8.00. The molecule has 4 heavy (non-hydrogen) atoms. The molecule has 0 nitrogen and oxygen atoms in total. The summed E-state index contributed by atoms with van der Waals surface area (Å²) in [5.41, 5.74) is 0. The second kappa shape index (κ2) is 16.0. The molecule has 0 amide bonds. The molecule has 4 heteroatoms. The van der Waals surface area contributed by atoms with E-state index in [4.69, 9.17) is 0 Å². The van der Waals surface area contributed by atoms with E-state index in [9.17, 15) is 0 Å². The Morgan fingerprint density at radius 3 is 1.00 bits per heavy atom. The Morgan fingerprint density at radius 1 is 1.00 bits per heavy atom. The Kier molecular flexibility index (Phi) is 102. The summed E-state index contributed by atoms with van der Waals surface area (Å²) in [5, 5.41) is 0. The van der Waals surface area contributed by atoms with Crippen LogP contribution in [-0.4, -0.2) is 0 Å². The third-order valence-electron chi connectivity index (χ3n) is 0. The summed E-state index contributed by atoms with van der Waals surface area (Å²) < 4.78 is 0. The number of rotatable bonds is 0. The van der Waals surface area contributed by atoms with Crippen molar-refractivity contribution in [3.63, 3.8) is 0 Å². The standard InChI is InChI=1S/Cu.Fe.La.Nd. The van der Waals surface area contributed by atoms with Crippen molar-refractivity contribution in [2.75, 3.05) is 0 Å². The molecule has 0 saturated heterocycles. The summed E-state index contributed by atoms with van der Waals surface area (Å²) in [6, 6.07) is 0. The molecule has 0 fully saturated rings. The predicted molar refractivity (Wildman–Crippen MR) is 0 cm³/mol. The van der Waals surface area contributed by atoms with E-state index in [-0.39, 0.29) is 111 Å². The summed E-state index contributed by atoms with van der Waals surface area (Å²) in [6.45, 7) is 0. The molecule has 0 aliphatic carbocycles. The van der Waals surface area contributed by atoms with Crippen molar-refractivity contribution in [2.45, 2.75) is 0 Å². The maximum atomic E-state index is 0. The quantitative estimate of drug-likeness (QED) is 0.501. The van der Waals surface area contributed by atoms with E-state index in [0.29, 0.717) is 0 Å². The molecule has 26 valence electrons. The summed E-state index contributed by atoms with van der Waals surface area (Å²) in [4.78, 5) is 0. The van der Waals surface area contributed by atoms with Crippen LogP contribution < -0.4 is 0 Å². The molecular weight excluding hydrogens is 403 g/mol. The first-order valence-corrected chi connectivity index (χ1v) is 0. The van der Waals surface area contributed by atoms with Gasteiger partial charge in [-0.3, -0.25) is 0 Å². The Balaban J connectivity index is 0. The minimum Gasteiger partial charge on any atom is 0 e. The normalized spacial score (nSPS) is 0. The van der Waals surface area contributed by atoms with Crippen LogP contribution in [0.3, 0.4) is 0 Å². The predicted octanol–water partition coefficient (Wildman–Crippen LogP) is -0.00500. The minimum atomic E-state index is 0. The number of hydrogen-bond acceptors (Lipinski definition) is 0. The van der Waals surface area contributed by atoms with Gasteiger partial charge in [0.1, 0.15) is 0 Å². The van der Waals surface area contributed by atoms with Gasteiger partial charge in [0.15, 0.2) is 0 Å². The Morgan fingerprint density at radius 2 is 1.00 bits per heavy atom. The zero-order valence-electron chi connectivity index (χ0n) is 1.73. The van der Waals surface area contributed by atoms with Crippen LogP contribution in [0.1, 0.15) is 0 Å². The minimum absolute atomic E-state index is 0. The van der Waals surface area contributed by atoms with Gasteiger partial charge in [-0.25, -0.2) is 0 Å². The topological polar surface area (TPSA) is 0 Å². The van der Waals surface area contributed by atoms with E-state index in [1.165, 1.54) is 0 Å². The molecule has 0 spiro atoms. The maximum absolute atomic E-state index is 0. The SMILES string of the molecule is [Cu].[Fe].[La].[Nd]. The molecule has 0 aromatic heterocycles. The van der Waals surface area contributed by atoms with Crippen molar-refractivity contribution in [1.29, 1.82) is 0 Å². The smallest absolute Gasteiger partial charge is 0 e. The van der Waals surface area contributed by atoms with Crippen LogP contribution in [0.4, 0.5) is 0 Å². The van der Waals surface area contributed by atoms with Crippen molar-refractivity contribution in [3.05, 3.63) is 0 Å². The van der Waals surface area contributed by atoms with Crippen molar-refractivity contribution in [3.8, 4) is 0 Å². The largest absolute Gasteiger partial charge is 0 e. The summed E-state index contributed by atoms with van der Waals surface area (Å²) in [5.74, 6) is 0. The molecule has 0 rings (SSSR count). The second-order valence-electron chi connectivity index (χ2n) is 0. The van der Waals surface area contributed by atoms with E-state index in [1.807, 2.05) is 0 Å². The van der Waals surface area contributed by atoms with Gasteiger partial charge in [0.25, 0.3) is 0 Å². The summed E-state index contributed by atoms with van der Waals surface area (Å²) in [6.07, 6.45) is 0. The van der Waals surface area contributed by atoms with Crippen LogP contribution in [0, 0.1) is 76.4 Å². The molecule has 0 aromatic rings. The van der Waals surface area contributed by atoms with Gasteiger partial charge in [-0.05, 0) is 0 Å². The summed E-state index contributed by atoms with van der Waals surface area (Å²) in [7, 11) is 0. The average Bonchev–Trinajstić information content (AvgIpc) is 0. The molecule has 0 heterocycles. The van der Waals surface area contributed by atoms with Crippen LogP contribution in [0.2, 0.25) is 0 Å². The molecule has 2 radical (unpaired) electrons. The molecule has 0 bridgehead atoms. The average molecular weight is 403 g/mol. The molecule has 0 aromatic carbocycles. The van der Waals surface area contributed by atoms with Crippen molar-refractivity contribution in [1.82, 2.24) is 0 Å². The molecule has 0 saturated carbocycles. The van der Waals surface area contributed by atoms with E-state index in [1.54, 1.807) is 0 Å². The summed E-state index contributed by atoms with van der Waals surface area (Å²) >= 11 is 0. The zero-order chi connectivity index (χ0) is 0. The first-order chi connectivity index (χ1) is 0. The fraction of sp³-hybridized carbons (Fsp3) is 0. The molecule has 0 unspecified atom stereocenters. The zero-order valence-corrected chi connectivity index (χ0v) is 10.6.